The topological polar surface area (TPSA) is 122 Å². The molecule has 1 rings (SSSR count). The molecule has 0 atom stereocenters. The van der Waals surface area contributed by atoms with Gasteiger partial charge >= 0.3 is 12.0 Å². The van der Waals surface area contributed by atoms with Crippen LogP contribution in [-0.2, 0) is 9.59 Å². The van der Waals surface area contributed by atoms with Gasteiger partial charge in [-0.2, -0.15) is 0 Å². The van der Waals surface area contributed by atoms with Gasteiger partial charge in [0.1, 0.15) is 0 Å². The van der Waals surface area contributed by atoms with Crippen molar-refractivity contribution in [1.29, 1.82) is 0 Å². The van der Waals surface area contributed by atoms with Crippen LogP contribution >= 0.6 is 0 Å². The number of aliphatic carboxylic acids is 1. The number of nitrogens with one attached hydrogen (secondary N) is 2. The maximum absolute atomic E-state index is 11.2. The number of carboxylic acids is 1. The molecule has 0 saturated heterocycles. The molecule has 0 aliphatic carbocycles. The highest BCUT2D eigenvalue weighted by Crippen LogP contribution is 2.13. The van der Waals surface area contributed by atoms with Gasteiger partial charge in [-0.1, -0.05) is 0 Å². The molecule has 1 aromatic carbocycles. The molecule has 0 saturated carbocycles. The molecule has 7 heteroatoms. The molecule has 5 N–H and O–H groups in total. The number of carbonyl (C=O) groups excluding carboxylic acids is 2. The molecule has 0 aliphatic heterocycles. The number of amides is 3. The third kappa shape index (κ3) is 4.79. The Bertz CT molecular complexity index is 494. The number of urea groups is 1. The largest absolute Gasteiger partial charge is 0.478 e. The van der Waals surface area contributed by atoms with Crippen LogP contribution in [0.4, 0.5) is 16.2 Å². The van der Waals surface area contributed by atoms with E-state index in [1.54, 1.807) is 12.1 Å². The smallest absolute Gasteiger partial charge is 0.328 e. The maximum Gasteiger partial charge on any atom is 0.328 e. The van der Waals surface area contributed by atoms with Gasteiger partial charge in [0.2, 0.25) is 5.91 Å². The summed E-state index contributed by atoms with van der Waals surface area (Å²) in [5, 5.41) is 13.1. The monoisotopic (exact) mass is 249 g/mol. The lowest BCUT2D eigenvalue weighted by atomic mass is 10.2. The third-order valence-corrected chi connectivity index (χ3v) is 1.80. The lowest BCUT2D eigenvalue weighted by molar-refractivity contribution is -0.131. The molecule has 0 aliphatic rings. The predicted molar refractivity (Wildman–Crippen MR) is 65.1 cm³/mol. The number of carboxylic acid groups (broad SMARTS) is 1. The average Bonchev–Trinajstić information content (AvgIpc) is 2.28. The minimum absolute atomic E-state index is 0.463. The summed E-state index contributed by atoms with van der Waals surface area (Å²) in [7, 11) is 0. The Morgan fingerprint density at radius 2 is 1.50 bits per heavy atom. The Morgan fingerprint density at radius 1 is 1.00 bits per heavy atom. The number of hydrogen-bond acceptors (Lipinski definition) is 3. The van der Waals surface area contributed by atoms with Gasteiger partial charge in [-0.15, -0.1) is 0 Å². The van der Waals surface area contributed by atoms with Gasteiger partial charge in [-0.3, -0.25) is 4.79 Å². The van der Waals surface area contributed by atoms with Crippen LogP contribution in [0.25, 0.3) is 0 Å². The van der Waals surface area contributed by atoms with Gasteiger partial charge in [0.25, 0.3) is 0 Å². The molecule has 0 heterocycles. The second-order valence-electron chi connectivity index (χ2n) is 3.23. The van der Waals surface area contributed by atoms with Crippen molar-refractivity contribution < 1.29 is 19.5 Å². The highest BCUT2D eigenvalue weighted by atomic mass is 16.4. The minimum atomic E-state index is -1.20. The van der Waals surface area contributed by atoms with E-state index in [-0.39, 0.29) is 0 Å². The highest BCUT2D eigenvalue weighted by molar-refractivity contribution is 6.02. The number of benzene rings is 1. The van der Waals surface area contributed by atoms with Crippen molar-refractivity contribution in [3.63, 3.8) is 0 Å². The quantitative estimate of drug-likeness (QED) is 0.588. The van der Waals surface area contributed by atoms with Crippen molar-refractivity contribution in [3.05, 3.63) is 36.4 Å². The molecule has 1 aromatic rings. The fourth-order valence-electron chi connectivity index (χ4n) is 1.11. The van der Waals surface area contributed by atoms with E-state index < -0.39 is 17.9 Å². The van der Waals surface area contributed by atoms with Gasteiger partial charge in [0.15, 0.2) is 0 Å². The summed E-state index contributed by atoms with van der Waals surface area (Å²) in [5.74, 6) is -1.76. The van der Waals surface area contributed by atoms with Crippen LogP contribution in [0, 0.1) is 0 Å². The molecule has 94 valence electrons. The minimum Gasteiger partial charge on any atom is -0.478 e. The molecule has 0 aromatic heterocycles. The first-order valence-electron chi connectivity index (χ1n) is 4.86. The summed E-state index contributed by atoms with van der Waals surface area (Å²) >= 11 is 0. The number of primary amides is 1. The number of rotatable bonds is 4. The Labute approximate surface area is 102 Å². The van der Waals surface area contributed by atoms with E-state index in [1.807, 2.05) is 0 Å². The van der Waals surface area contributed by atoms with Gasteiger partial charge in [-0.05, 0) is 24.3 Å². The summed E-state index contributed by atoms with van der Waals surface area (Å²) in [6, 6.07) is 5.48. The van der Waals surface area contributed by atoms with E-state index in [2.05, 4.69) is 10.6 Å². The van der Waals surface area contributed by atoms with Crippen LogP contribution in [-0.4, -0.2) is 23.0 Å². The second-order valence-corrected chi connectivity index (χ2v) is 3.23. The van der Waals surface area contributed by atoms with E-state index in [1.165, 1.54) is 12.1 Å². The zero-order valence-electron chi connectivity index (χ0n) is 9.21. The first-order valence-corrected chi connectivity index (χ1v) is 4.86. The summed E-state index contributed by atoms with van der Waals surface area (Å²) in [6.45, 7) is 0. The van der Waals surface area contributed by atoms with Crippen LogP contribution < -0.4 is 16.4 Å². The first-order chi connectivity index (χ1) is 8.47. The van der Waals surface area contributed by atoms with Gasteiger partial charge < -0.3 is 21.5 Å². The SMILES string of the molecule is NC(=O)Nc1ccc(NC(=O)/C=C/C(=O)O)cc1. The van der Waals surface area contributed by atoms with Crippen molar-refractivity contribution in [2.75, 3.05) is 10.6 Å². The normalized spacial score (nSPS) is 10.0. The van der Waals surface area contributed by atoms with E-state index in [0.29, 0.717) is 11.4 Å². The molecule has 0 spiro atoms. The molecule has 7 nitrogen and oxygen atoms in total. The Balaban J connectivity index is 2.61. The summed E-state index contributed by atoms with van der Waals surface area (Å²) in [5.41, 5.74) is 5.88. The molecule has 3 amide bonds. The first kappa shape index (κ1) is 13.2. The standard InChI is InChI=1S/C11H11N3O4/c12-11(18)14-8-3-1-7(2-4-8)13-9(15)5-6-10(16)17/h1-6H,(H,13,15)(H,16,17)(H3,12,14,18)/b6-5+. The average molecular weight is 249 g/mol. The lowest BCUT2D eigenvalue weighted by Crippen LogP contribution is -2.19. The molecule has 0 fully saturated rings. The van der Waals surface area contributed by atoms with E-state index in [4.69, 9.17) is 10.8 Å². The van der Waals surface area contributed by atoms with Crippen molar-refractivity contribution >= 4 is 29.3 Å². The number of carbonyl (C=O) groups is 3. The van der Waals surface area contributed by atoms with Gasteiger partial charge in [0, 0.05) is 23.5 Å². The van der Waals surface area contributed by atoms with Crippen LogP contribution in [0.1, 0.15) is 0 Å². The predicted octanol–water partition coefficient (Wildman–Crippen LogP) is 0.756. The number of anilines is 2. The maximum atomic E-state index is 11.2. The van der Waals surface area contributed by atoms with Crippen LogP contribution in [0.2, 0.25) is 0 Å². The molecule has 0 radical (unpaired) electrons. The van der Waals surface area contributed by atoms with Crippen molar-refractivity contribution in [1.82, 2.24) is 0 Å². The third-order valence-electron chi connectivity index (χ3n) is 1.80. The van der Waals surface area contributed by atoms with E-state index >= 15 is 0 Å². The fraction of sp³-hybridized carbons (Fsp3) is 0. The van der Waals surface area contributed by atoms with Crippen LogP contribution in [0.5, 0.6) is 0 Å². The molecule has 0 bridgehead atoms. The summed E-state index contributed by atoms with van der Waals surface area (Å²) in [6.07, 6.45) is 1.64. The van der Waals surface area contributed by atoms with Crippen LogP contribution in [0.15, 0.2) is 36.4 Å². The second kappa shape index (κ2) is 6.04. The van der Waals surface area contributed by atoms with Crippen LogP contribution in [0.3, 0.4) is 0 Å². The zero-order valence-corrected chi connectivity index (χ0v) is 9.21. The highest BCUT2D eigenvalue weighted by Gasteiger charge is 2.00. The molecular formula is C11H11N3O4. The van der Waals surface area contributed by atoms with E-state index in [0.717, 1.165) is 12.2 Å². The zero-order chi connectivity index (χ0) is 13.5. The summed E-state index contributed by atoms with van der Waals surface area (Å²) in [4.78, 5) is 32.0. The number of nitrogens with two attached hydrogens (primary N) is 1. The van der Waals surface area contributed by atoms with Crippen molar-refractivity contribution in [2.45, 2.75) is 0 Å². The van der Waals surface area contributed by atoms with Crippen molar-refractivity contribution in [3.8, 4) is 0 Å². The van der Waals surface area contributed by atoms with Gasteiger partial charge in [-0.25, -0.2) is 9.59 Å². The lowest BCUT2D eigenvalue weighted by Gasteiger charge is -2.04. The summed E-state index contributed by atoms with van der Waals surface area (Å²) < 4.78 is 0. The molecular weight excluding hydrogens is 238 g/mol. The fourth-order valence-corrected chi connectivity index (χ4v) is 1.11. The Kier molecular flexibility index (Phi) is 4.44. The molecule has 0 unspecified atom stereocenters. The van der Waals surface area contributed by atoms with Crippen molar-refractivity contribution in [2.24, 2.45) is 5.73 Å². The Morgan fingerprint density at radius 3 is 1.94 bits per heavy atom. The Hall–Kier alpha value is -2.83. The molecule has 18 heavy (non-hydrogen) atoms. The van der Waals surface area contributed by atoms with E-state index in [9.17, 15) is 14.4 Å². The van der Waals surface area contributed by atoms with Gasteiger partial charge in [0.05, 0.1) is 0 Å². The number of hydrogen-bond donors (Lipinski definition) is 4.